The van der Waals surface area contributed by atoms with E-state index in [-0.39, 0.29) is 32.6 Å². The third-order valence-corrected chi connectivity index (χ3v) is 9.06. The summed E-state index contributed by atoms with van der Waals surface area (Å²) >= 11 is 0. The average Bonchev–Trinajstić information content (AvgIpc) is 3.14. The van der Waals surface area contributed by atoms with Gasteiger partial charge in [0.2, 0.25) is 0 Å². The maximum atomic E-state index is 12.5. The fourth-order valence-corrected chi connectivity index (χ4v) is 5.84. The molecule has 0 aromatic rings. The molecule has 0 saturated carbocycles. The minimum absolute atomic E-state index is 0.0395. The maximum Gasteiger partial charge on any atom is 0.472 e. The molecule has 304 valence electrons. The number of nitrogens with two attached hydrogens (primary N) is 1. The van der Waals surface area contributed by atoms with Gasteiger partial charge in [-0.25, -0.2) is 4.57 Å². The predicted octanol–water partition coefficient (Wildman–Crippen LogP) is 11.5. The number of rotatable bonds is 37. The highest BCUT2D eigenvalue weighted by atomic mass is 31.2. The molecule has 0 aliphatic carbocycles. The molecule has 0 aromatic carbocycles. The van der Waals surface area contributed by atoms with E-state index in [0.717, 1.165) is 70.6 Å². The van der Waals surface area contributed by atoms with Gasteiger partial charge in [0.05, 0.1) is 13.2 Å². The molecule has 0 fully saturated rings. The quantitative estimate of drug-likeness (QED) is 0.0274. The number of esters is 2. The number of carbonyl (C=O) groups excluding carboxylic acids is 2. The monoisotopic (exact) mass is 764 g/mol. The van der Waals surface area contributed by atoms with Gasteiger partial charge < -0.3 is 20.1 Å². The van der Waals surface area contributed by atoms with Crippen molar-refractivity contribution in [2.75, 3.05) is 26.4 Å². The second kappa shape index (κ2) is 39.2. The lowest BCUT2D eigenvalue weighted by Gasteiger charge is -2.19. The number of hydrogen-bond acceptors (Lipinski definition) is 8. The Morgan fingerprint density at radius 2 is 1.06 bits per heavy atom. The molecule has 0 aliphatic heterocycles. The number of carbonyl (C=O) groups is 2. The van der Waals surface area contributed by atoms with E-state index in [4.69, 9.17) is 24.3 Å². The summed E-state index contributed by atoms with van der Waals surface area (Å²) in [5.41, 5.74) is 5.33. The standard InChI is InChI=1S/C43H74NO8P/c1-3-5-7-9-11-13-15-17-19-20-22-24-26-28-30-32-34-36-43(46)52-41(40-51-53(47,48)50-38-37-44)39-49-42(45)35-33-31-29-27-25-23-21-18-16-14-12-10-8-6-4-2/h6,8,12,14,17-19,21-22,24,28,30,41H,3-5,7,9-11,13,15-16,20,23,25-27,29,31-40,44H2,1-2H3,(H,47,48). The van der Waals surface area contributed by atoms with E-state index in [2.05, 4.69) is 80.7 Å². The van der Waals surface area contributed by atoms with E-state index in [9.17, 15) is 19.0 Å². The van der Waals surface area contributed by atoms with Crippen LogP contribution in [0.15, 0.2) is 72.9 Å². The van der Waals surface area contributed by atoms with E-state index in [1.807, 2.05) is 6.08 Å². The van der Waals surface area contributed by atoms with E-state index < -0.39 is 32.5 Å². The van der Waals surface area contributed by atoms with Gasteiger partial charge >= 0.3 is 19.8 Å². The third-order valence-electron chi connectivity index (χ3n) is 8.08. The van der Waals surface area contributed by atoms with Crippen LogP contribution in [0.1, 0.15) is 155 Å². The van der Waals surface area contributed by atoms with Crippen molar-refractivity contribution in [3.8, 4) is 0 Å². The zero-order valence-corrected chi connectivity index (χ0v) is 34.1. The first-order valence-electron chi connectivity index (χ1n) is 20.4. The Kier molecular flexibility index (Phi) is 37.3. The first-order chi connectivity index (χ1) is 25.8. The summed E-state index contributed by atoms with van der Waals surface area (Å²) in [7, 11) is -4.40. The van der Waals surface area contributed by atoms with Crippen molar-refractivity contribution < 1.29 is 37.6 Å². The van der Waals surface area contributed by atoms with Crippen LogP contribution in [0, 0.1) is 0 Å². The van der Waals surface area contributed by atoms with Gasteiger partial charge in [0, 0.05) is 19.4 Å². The zero-order chi connectivity index (χ0) is 38.9. The van der Waals surface area contributed by atoms with Crippen molar-refractivity contribution in [2.24, 2.45) is 5.73 Å². The second-order valence-corrected chi connectivity index (χ2v) is 14.6. The third kappa shape index (κ3) is 39.0. The number of allylic oxidation sites excluding steroid dienone is 12. The molecule has 0 bridgehead atoms. The van der Waals surface area contributed by atoms with Crippen molar-refractivity contribution >= 4 is 19.8 Å². The van der Waals surface area contributed by atoms with Crippen LogP contribution in [0.2, 0.25) is 0 Å². The van der Waals surface area contributed by atoms with Crippen LogP contribution in [0.3, 0.4) is 0 Å². The van der Waals surface area contributed by atoms with Crippen LogP contribution in [-0.4, -0.2) is 49.3 Å². The molecule has 0 radical (unpaired) electrons. The summed E-state index contributed by atoms with van der Waals surface area (Å²) in [6.07, 6.45) is 46.5. The van der Waals surface area contributed by atoms with Crippen molar-refractivity contribution in [1.29, 1.82) is 0 Å². The highest BCUT2D eigenvalue weighted by Gasteiger charge is 2.25. The van der Waals surface area contributed by atoms with Crippen LogP contribution in [0.4, 0.5) is 0 Å². The number of unbranched alkanes of at least 4 members (excludes halogenated alkanes) is 12. The lowest BCUT2D eigenvalue weighted by Crippen LogP contribution is -2.29. The molecule has 0 heterocycles. The highest BCUT2D eigenvalue weighted by Crippen LogP contribution is 2.43. The minimum Gasteiger partial charge on any atom is -0.462 e. The van der Waals surface area contributed by atoms with Gasteiger partial charge in [-0.2, -0.15) is 0 Å². The number of phosphoric acid groups is 1. The van der Waals surface area contributed by atoms with Crippen LogP contribution < -0.4 is 5.73 Å². The summed E-state index contributed by atoms with van der Waals surface area (Å²) < 4.78 is 32.6. The fourth-order valence-electron chi connectivity index (χ4n) is 5.07. The van der Waals surface area contributed by atoms with E-state index in [1.165, 1.54) is 38.5 Å². The molecule has 0 aliphatic rings. The number of phosphoric ester groups is 1. The van der Waals surface area contributed by atoms with Crippen molar-refractivity contribution in [1.82, 2.24) is 0 Å². The van der Waals surface area contributed by atoms with Gasteiger partial charge in [-0.1, -0.05) is 138 Å². The molecule has 3 N–H and O–H groups in total. The van der Waals surface area contributed by atoms with Crippen LogP contribution in [-0.2, 0) is 32.7 Å². The van der Waals surface area contributed by atoms with Gasteiger partial charge in [-0.15, -0.1) is 0 Å². The molecule has 53 heavy (non-hydrogen) atoms. The molecule has 0 rings (SSSR count). The smallest absolute Gasteiger partial charge is 0.462 e. The molecule has 0 aromatic heterocycles. The number of hydrogen-bond donors (Lipinski definition) is 2. The van der Waals surface area contributed by atoms with Gasteiger partial charge in [-0.3, -0.25) is 18.6 Å². The molecule has 0 amide bonds. The van der Waals surface area contributed by atoms with Gasteiger partial charge in [0.15, 0.2) is 6.10 Å². The highest BCUT2D eigenvalue weighted by molar-refractivity contribution is 7.47. The summed E-state index contributed by atoms with van der Waals surface area (Å²) in [4.78, 5) is 34.8. The summed E-state index contributed by atoms with van der Waals surface area (Å²) in [5.74, 6) is -0.917. The Hall–Kier alpha value is -2.55. The van der Waals surface area contributed by atoms with Gasteiger partial charge in [0.1, 0.15) is 6.61 Å². The molecule has 0 spiro atoms. The molecule has 9 nitrogen and oxygen atoms in total. The van der Waals surface area contributed by atoms with E-state index >= 15 is 0 Å². The first kappa shape index (κ1) is 50.5. The van der Waals surface area contributed by atoms with Crippen molar-refractivity contribution in [3.05, 3.63) is 72.9 Å². The minimum atomic E-state index is -4.40. The van der Waals surface area contributed by atoms with Crippen LogP contribution in [0.25, 0.3) is 0 Å². The Bertz CT molecular complexity index is 1100. The Morgan fingerprint density at radius 1 is 0.585 bits per heavy atom. The Morgan fingerprint density at radius 3 is 1.60 bits per heavy atom. The lowest BCUT2D eigenvalue weighted by atomic mass is 10.1. The van der Waals surface area contributed by atoms with Crippen LogP contribution >= 0.6 is 7.82 Å². The molecular formula is C43H74NO8P. The lowest BCUT2D eigenvalue weighted by molar-refractivity contribution is -0.161. The Labute approximate surface area is 322 Å². The fraction of sp³-hybridized carbons (Fsp3) is 0.674. The molecule has 0 saturated heterocycles. The topological polar surface area (TPSA) is 134 Å². The predicted molar refractivity (Wildman–Crippen MR) is 219 cm³/mol. The molecule has 2 unspecified atom stereocenters. The molecule has 2 atom stereocenters. The normalized spacial score (nSPS) is 14.1. The van der Waals surface area contributed by atoms with Gasteiger partial charge in [0.25, 0.3) is 0 Å². The maximum absolute atomic E-state index is 12.5. The molecular weight excluding hydrogens is 689 g/mol. The number of ether oxygens (including phenoxy) is 2. The van der Waals surface area contributed by atoms with Crippen molar-refractivity contribution in [2.45, 2.75) is 161 Å². The second-order valence-electron chi connectivity index (χ2n) is 13.1. The molecule has 10 heteroatoms. The van der Waals surface area contributed by atoms with E-state index in [1.54, 1.807) is 0 Å². The van der Waals surface area contributed by atoms with Crippen LogP contribution in [0.5, 0.6) is 0 Å². The summed E-state index contributed by atoms with van der Waals surface area (Å²) in [6.45, 7) is 3.51. The van der Waals surface area contributed by atoms with Gasteiger partial charge in [-0.05, 0) is 77.0 Å². The SMILES string of the molecule is CCC=CCC=CCC=CCCCCCCCC(=O)OCC(COP(=O)(O)OCCN)OC(=O)CCCC=CCC=CCC=CCCCCCCCC. The van der Waals surface area contributed by atoms with E-state index in [0.29, 0.717) is 19.3 Å². The Balaban J connectivity index is 4.32. The summed E-state index contributed by atoms with van der Waals surface area (Å²) in [6, 6.07) is 0. The van der Waals surface area contributed by atoms with Crippen molar-refractivity contribution in [3.63, 3.8) is 0 Å². The average molecular weight is 764 g/mol. The largest absolute Gasteiger partial charge is 0.472 e. The first-order valence-corrected chi connectivity index (χ1v) is 21.9. The zero-order valence-electron chi connectivity index (χ0n) is 33.2. The summed E-state index contributed by atoms with van der Waals surface area (Å²) in [5, 5.41) is 0.